The minimum atomic E-state index is -2.99. The Kier molecular flexibility index (Phi) is 3.50. The maximum atomic E-state index is 12.1. The number of carbonyl (C=O) groups is 1. The van der Waals surface area contributed by atoms with Crippen molar-refractivity contribution in [3.8, 4) is 5.69 Å². The predicted octanol–water partition coefficient (Wildman–Crippen LogP) is 0.789. The van der Waals surface area contributed by atoms with Crippen molar-refractivity contribution in [1.82, 2.24) is 15.1 Å². The van der Waals surface area contributed by atoms with Crippen LogP contribution in [0.25, 0.3) is 5.69 Å². The zero-order chi connectivity index (χ0) is 14.9. The summed E-state index contributed by atoms with van der Waals surface area (Å²) in [6, 6.07) is 8.54. The summed E-state index contributed by atoms with van der Waals surface area (Å²) in [7, 11) is -2.99. The van der Waals surface area contributed by atoms with Crippen molar-refractivity contribution in [2.24, 2.45) is 0 Å². The van der Waals surface area contributed by atoms with E-state index in [2.05, 4.69) is 10.4 Å². The lowest BCUT2D eigenvalue weighted by Crippen LogP contribution is -2.35. The molecule has 110 valence electrons. The van der Waals surface area contributed by atoms with Crippen LogP contribution in [0.4, 0.5) is 0 Å². The second-order valence-electron chi connectivity index (χ2n) is 5.07. The molecule has 1 unspecified atom stereocenters. The first-order chi connectivity index (χ1) is 10.0. The van der Waals surface area contributed by atoms with Gasteiger partial charge < -0.3 is 5.32 Å². The van der Waals surface area contributed by atoms with Gasteiger partial charge in [0.05, 0.1) is 17.2 Å². The molecule has 0 aliphatic carbocycles. The van der Waals surface area contributed by atoms with Crippen LogP contribution in [-0.2, 0) is 9.84 Å². The highest BCUT2D eigenvalue weighted by atomic mass is 32.2. The standard InChI is InChI=1S/C14H15N3O3S/c18-14(16-12-6-9-21(19,20)10-12)11-2-4-13(5-3-11)17-8-1-7-15-17/h1-5,7-8,12H,6,9-10H2,(H,16,18). The summed E-state index contributed by atoms with van der Waals surface area (Å²) in [5.41, 5.74) is 1.37. The van der Waals surface area contributed by atoms with Crippen LogP contribution in [0.1, 0.15) is 16.8 Å². The largest absolute Gasteiger partial charge is 0.348 e. The van der Waals surface area contributed by atoms with Crippen molar-refractivity contribution in [2.75, 3.05) is 11.5 Å². The number of amides is 1. The molecule has 0 spiro atoms. The molecule has 21 heavy (non-hydrogen) atoms. The van der Waals surface area contributed by atoms with Crippen LogP contribution in [0.5, 0.6) is 0 Å². The summed E-state index contributed by atoms with van der Waals surface area (Å²) in [6.07, 6.45) is 3.99. The van der Waals surface area contributed by atoms with Crippen molar-refractivity contribution >= 4 is 15.7 Å². The van der Waals surface area contributed by atoms with Gasteiger partial charge in [0.1, 0.15) is 0 Å². The van der Waals surface area contributed by atoms with Crippen LogP contribution in [-0.4, -0.2) is 41.7 Å². The molecule has 1 N–H and O–H groups in total. The van der Waals surface area contributed by atoms with Gasteiger partial charge in [0, 0.05) is 24.0 Å². The highest BCUT2D eigenvalue weighted by Gasteiger charge is 2.29. The quantitative estimate of drug-likeness (QED) is 0.909. The molecule has 1 atom stereocenters. The lowest BCUT2D eigenvalue weighted by atomic mass is 10.1. The number of carbonyl (C=O) groups excluding carboxylic acids is 1. The van der Waals surface area contributed by atoms with Crippen molar-refractivity contribution < 1.29 is 13.2 Å². The molecule has 7 heteroatoms. The SMILES string of the molecule is O=C(NC1CCS(=O)(=O)C1)c1ccc(-n2cccn2)cc1. The molecule has 1 fully saturated rings. The molecular formula is C14H15N3O3S. The highest BCUT2D eigenvalue weighted by molar-refractivity contribution is 7.91. The maximum absolute atomic E-state index is 12.1. The molecule has 1 saturated heterocycles. The van der Waals surface area contributed by atoms with Crippen LogP contribution < -0.4 is 5.32 Å². The van der Waals surface area contributed by atoms with E-state index in [1.54, 1.807) is 35.1 Å². The van der Waals surface area contributed by atoms with Crippen molar-refractivity contribution in [1.29, 1.82) is 0 Å². The first kappa shape index (κ1) is 13.8. The van der Waals surface area contributed by atoms with E-state index in [9.17, 15) is 13.2 Å². The smallest absolute Gasteiger partial charge is 0.251 e. The Morgan fingerprint density at radius 1 is 1.29 bits per heavy atom. The number of aromatic nitrogens is 2. The number of hydrogen-bond donors (Lipinski definition) is 1. The van der Waals surface area contributed by atoms with Crippen LogP contribution in [0.3, 0.4) is 0 Å². The lowest BCUT2D eigenvalue weighted by molar-refractivity contribution is 0.0941. The van der Waals surface area contributed by atoms with Crippen LogP contribution in [0.2, 0.25) is 0 Å². The number of sulfone groups is 1. The Balaban J connectivity index is 1.68. The summed E-state index contributed by atoms with van der Waals surface area (Å²) in [6.45, 7) is 0. The van der Waals surface area contributed by atoms with Gasteiger partial charge in [-0.3, -0.25) is 4.79 Å². The van der Waals surface area contributed by atoms with Gasteiger partial charge in [0.15, 0.2) is 9.84 Å². The van der Waals surface area contributed by atoms with E-state index >= 15 is 0 Å². The van der Waals surface area contributed by atoms with E-state index in [0.29, 0.717) is 12.0 Å². The van der Waals surface area contributed by atoms with Gasteiger partial charge in [-0.05, 0) is 36.8 Å². The lowest BCUT2D eigenvalue weighted by Gasteiger charge is -2.11. The molecule has 0 saturated carbocycles. The zero-order valence-electron chi connectivity index (χ0n) is 11.3. The summed E-state index contributed by atoms with van der Waals surface area (Å²) >= 11 is 0. The third kappa shape index (κ3) is 3.13. The summed E-state index contributed by atoms with van der Waals surface area (Å²) in [4.78, 5) is 12.1. The number of benzene rings is 1. The van der Waals surface area contributed by atoms with Crippen molar-refractivity contribution in [2.45, 2.75) is 12.5 Å². The normalized spacial score (nSPS) is 20.3. The summed E-state index contributed by atoms with van der Waals surface area (Å²) in [5.74, 6) is -0.0653. The van der Waals surface area contributed by atoms with E-state index in [4.69, 9.17) is 0 Å². The van der Waals surface area contributed by atoms with Gasteiger partial charge in [-0.15, -0.1) is 0 Å². The minimum Gasteiger partial charge on any atom is -0.348 e. The first-order valence-electron chi connectivity index (χ1n) is 6.65. The van der Waals surface area contributed by atoms with Gasteiger partial charge in [0.25, 0.3) is 5.91 Å². The van der Waals surface area contributed by atoms with Crippen LogP contribution in [0.15, 0.2) is 42.7 Å². The minimum absolute atomic E-state index is 0.0319. The fraction of sp³-hybridized carbons (Fsp3) is 0.286. The molecule has 1 aliphatic heterocycles. The number of nitrogens with zero attached hydrogens (tertiary/aromatic N) is 2. The average molecular weight is 305 g/mol. The van der Waals surface area contributed by atoms with Crippen LogP contribution in [0, 0.1) is 0 Å². The number of nitrogens with one attached hydrogen (secondary N) is 1. The van der Waals surface area contributed by atoms with Gasteiger partial charge in [-0.1, -0.05) is 0 Å². The van der Waals surface area contributed by atoms with Gasteiger partial charge in [-0.2, -0.15) is 5.10 Å². The van der Waals surface area contributed by atoms with Crippen molar-refractivity contribution in [3.05, 3.63) is 48.3 Å². The number of hydrogen-bond acceptors (Lipinski definition) is 4. The summed E-state index contributed by atoms with van der Waals surface area (Å²) < 4.78 is 24.4. The predicted molar refractivity (Wildman–Crippen MR) is 78.1 cm³/mol. The summed E-state index contributed by atoms with van der Waals surface area (Å²) in [5, 5.41) is 6.87. The zero-order valence-corrected chi connectivity index (χ0v) is 12.1. The fourth-order valence-corrected chi connectivity index (χ4v) is 4.04. The third-order valence-corrected chi connectivity index (χ3v) is 5.23. The van der Waals surface area contributed by atoms with Crippen LogP contribution >= 0.6 is 0 Å². The molecule has 1 amide bonds. The van der Waals surface area contributed by atoms with Gasteiger partial charge in [-0.25, -0.2) is 13.1 Å². The Hall–Kier alpha value is -2.15. The first-order valence-corrected chi connectivity index (χ1v) is 8.47. The molecule has 0 radical (unpaired) electrons. The molecule has 3 rings (SSSR count). The van der Waals surface area contributed by atoms with E-state index in [-0.39, 0.29) is 23.5 Å². The van der Waals surface area contributed by atoms with E-state index in [1.807, 2.05) is 12.3 Å². The van der Waals surface area contributed by atoms with Gasteiger partial charge in [0.2, 0.25) is 0 Å². The Morgan fingerprint density at radius 2 is 2.05 bits per heavy atom. The van der Waals surface area contributed by atoms with Gasteiger partial charge >= 0.3 is 0 Å². The monoisotopic (exact) mass is 305 g/mol. The molecule has 0 bridgehead atoms. The Morgan fingerprint density at radius 3 is 2.62 bits per heavy atom. The molecule has 1 aromatic carbocycles. The fourth-order valence-electron chi connectivity index (χ4n) is 2.36. The Labute approximate surface area is 122 Å². The molecule has 6 nitrogen and oxygen atoms in total. The third-order valence-electron chi connectivity index (χ3n) is 3.47. The molecule has 1 aliphatic rings. The highest BCUT2D eigenvalue weighted by Crippen LogP contribution is 2.13. The average Bonchev–Trinajstić information content (AvgIpc) is 3.09. The molecule has 1 aromatic heterocycles. The Bertz CT molecular complexity index is 736. The second-order valence-corrected chi connectivity index (χ2v) is 7.30. The molecular weight excluding hydrogens is 290 g/mol. The molecule has 2 aromatic rings. The number of rotatable bonds is 3. The molecule has 2 heterocycles. The van der Waals surface area contributed by atoms with E-state index < -0.39 is 9.84 Å². The topological polar surface area (TPSA) is 81.1 Å². The second kappa shape index (κ2) is 5.33. The van der Waals surface area contributed by atoms with Crippen molar-refractivity contribution in [3.63, 3.8) is 0 Å². The maximum Gasteiger partial charge on any atom is 0.251 e. The van der Waals surface area contributed by atoms with E-state index in [1.165, 1.54) is 0 Å². The van der Waals surface area contributed by atoms with E-state index in [0.717, 1.165) is 5.69 Å².